The lowest BCUT2D eigenvalue weighted by atomic mass is 9.75. The zero-order valence-electron chi connectivity index (χ0n) is 12.6. The quantitative estimate of drug-likeness (QED) is 0.804. The lowest BCUT2D eigenvalue weighted by molar-refractivity contribution is 0.405. The molecule has 3 rings (SSSR count). The Balaban J connectivity index is 2.08. The number of phenolic OH excluding ortho intramolecular Hbond substituents is 2. The highest BCUT2D eigenvalue weighted by molar-refractivity contribution is 9.10. The van der Waals surface area contributed by atoms with E-state index >= 15 is 0 Å². The van der Waals surface area contributed by atoms with E-state index in [1.165, 1.54) is 0 Å². The first-order valence-corrected chi connectivity index (χ1v) is 8.11. The number of benzene rings is 2. The zero-order chi connectivity index (χ0) is 15.9. The third kappa shape index (κ3) is 2.85. The van der Waals surface area contributed by atoms with Gasteiger partial charge in [0.1, 0.15) is 11.5 Å². The van der Waals surface area contributed by atoms with E-state index in [4.69, 9.17) is 4.74 Å². The van der Waals surface area contributed by atoms with Crippen molar-refractivity contribution < 1.29 is 14.9 Å². The molecular formula is C18H19BrO3. The van der Waals surface area contributed by atoms with Gasteiger partial charge >= 0.3 is 0 Å². The Labute approximate surface area is 138 Å². The van der Waals surface area contributed by atoms with Crippen LogP contribution in [0.15, 0.2) is 40.9 Å². The Bertz CT molecular complexity index is 688. The van der Waals surface area contributed by atoms with Crippen LogP contribution in [-0.2, 0) is 16.6 Å². The van der Waals surface area contributed by atoms with Crippen LogP contribution in [0.4, 0.5) is 0 Å². The molecule has 1 saturated heterocycles. The van der Waals surface area contributed by atoms with Gasteiger partial charge in [0.15, 0.2) is 0 Å². The summed E-state index contributed by atoms with van der Waals surface area (Å²) in [5.41, 5.74) is 3.11. The number of halogens is 1. The fourth-order valence-electron chi connectivity index (χ4n) is 2.84. The Morgan fingerprint density at radius 2 is 1.77 bits per heavy atom. The molecule has 0 saturated carbocycles. The molecule has 0 amide bonds. The normalized spacial score (nSPS) is 17.5. The Morgan fingerprint density at radius 3 is 2.36 bits per heavy atom. The molecule has 1 unspecified atom stereocenters. The minimum Gasteiger partial charge on any atom is -0.508 e. The summed E-state index contributed by atoms with van der Waals surface area (Å²) in [5, 5.41) is 19.5. The smallest absolute Gasteiger partial charge is 0.130 e. The molecule has 1 heterocycles. The lowest BCUT2D eigenvalue weighted by Gasteiger charge is -2.29. The molecule has 2 aromatic rings. The molecule has 4 heteroatoms. The second-order valence-electron chi connectivity index (χ2n) is 6.26. The van der Waals surface area contributed by atoms with Crippen molar-refractivity contribution in [3.05, 3.63) is 57.6 Å². The molecule has 3 nitrogen and oxygen atoms in total. The van der Waals surface area contributed by atoms with Gasteiger partial charge in [-0.1, -0.05) is 32.0 Å². The van der Waals surface area contributed by atoms with E-state index in [9.17, 15) is 10.2 Å². The molecule has 0 radical (unpaired) electrons. The highest BCUT2D eigenvalue weighted by atomic mass is 79.9. The van der Waals surface area contributed by atoms with E-state index in [2.05, 4.69) is 29.8 Å². The first kappa shape index (κ1) is 15.4. The van der Waals surface area contributed by atoms with Gasteiger partial charge in [-0.25, -0.2) is 0 Å². The lowest BCUT2D eigenvalue weighted by Crippen LogP contribution is -2.21. The van der Waals surface area contributed by atoms with Crippen LogP contribution < -0.4 is 0 Å². The first-order valence-electron chi connectivity index (χ1n) is 7.31. The Morgan fingerprint density at radius 1 is 1.14 bits per heavy atom. The number of epoxide rings is 1. The van der Waals surface area contributed by atoms with Crippen molar-refractivity contribution in [2.24, 2.45) is 0 Å². The topological polar surface area (TPSA) is 53.0 Å². The van der Waals surface area contributed by atoms with Gasteiger partial charge in [0.25, 0.3) is 0 Å². The van der Waals surface area contributed by atoms with Crippen molar-refractivity contribution in [3.8, 4) is 11.5 Å². The number of rotatable bonds is 4. The van der Waals surface area contributed by atoms with Crippen molar-refractivity contribution in [2.45, 2.75) is 31.8 Å². The number of phenols is 2. The molecule has 1 fully saturated rings. The van der Waals surface area contributed by atoms with Crippen LogP contribution in [0.2, 0.25) is 0 Å². The van der Waals surface area contributed by atoms with Gasteiger partial charge in [-0.2, -0.15) is 0 Å². The van der Waals surface area contributed by atoms with Crippen LogP contribution >= 0.6 is 15.9 Å². The Kier molecular flexibility index (Phi) is 3.91. The highest BCUT2D eigenvalue weighted by Crippen LogP contribution is 2.41. The largest absolute Gasteiger partial charge is 0.508 e. The van der Waals surface area contributed by atoms with Crippen molar-refractivity contribution in [1.29, 1.82) is 0 Å². The van der Waals surface area contributed by atoms with E-state index in [0.717, 1.165) is 34.2 Å². The van der Waals surface area contributed by atoms with Crippen LogP contribution in [0.3, 0.4) is 0 Å². The predicted octanol–water partition coefficient (Wildman–Crippen LogP) is 4.13. The molecule has 1 aliphatic heterocycles. The van der Waals surface area contributed by atoms with Crippen LogP contribution in [0.5, 0.6) is 11.5 Å². The minimum absolute atomic E-state index is 0.242. The van der Waals surface area contributed by atoms with Crippen LogP contribution in [-0.4, -0.2) is 22.9 Å². The van der Waals surface area contributed by atoms with Gasteiger partial charge in [0.05, 0.1) is 17.2 Å². The minimum atomic E-state index is -0.242. The molecule has 2 aromatic carbocycles. The Hall–Kier alpha value is -1.52. The average Bonchev–Trinajstić information content (AvgIpc) is 3.28. The van der Waals surface area contributed by atoms with E-state index in [1.54, 1.807) is 18.2 Å². The fourth-order valence-corrected chi connectivity index (χ4v) is 3.35. The van der Waals surface area contributed by atoms with Crippen LogP contribution in [0, 0.1) is 0 Å². The maximum atomic E-state index is 10.0. The van der Waals surface area contributed by atoms with E-state index in [1.807, 2.05) is 18.2 Å². The maximum absolute atomic E-state index is 10.0. The summed E-state index contributed by atoms with van der Waals surface area (Å²) >= 11 is 3.52. The highest BCUT2D eigenvalue weighted by Gasteiger charge is 2.31. The van der Waals surface area contributed by atoms with Gasteiger partial charge in [-0.3, -0.25) is 0 Å². The van der Waals surface area contributed by atoms with Crippen molar-refractivity contribution in [1.82, 2.24) is 0 Å². The van der Waals surface area contributed by atoms with Gasteiger partial charge in [-0.15, -0.1) is 0 Å². The molecule has 1 atom stereocenters. The summed E-state index contributed by atoms with van der Waals surface area (Å²) in [6, 6.07) is 11.0. The predicted molar refractivity (Wildman–Crippen MR) is 89.5 cm³/mol. The third-order valence-electron chi connectivity index (χ3n) is 4.32. The number of aromatic hydroxyl groups is 2. The van der Waals surface area contributed by atoms with Crippen LogP contribution in [0.25, 0.3) is 0 Å². The third-order valence-corrected chi connectivity index (χ3v) is 5.20. The van der Waals surface area contributed by atoms with Crippen LogP contribution in [0.1, 0.15) is 30.5 Å². The molecule has 0 aromatic heterocycles. The fraction of sp³-hybridized carbons (Fsp3) is 0.333. The summed E-state index contributed by atoms with van der Waals surface area (Å²) in [5.74, 6) is 0.513. The molecule has 116 valence electrons. The number of hydrogen-bond donors (Lipinski definition) is 2. The average molecular weight is 363 g/mol. The summed E-state index contributed by atoms with van der Waals surface area (Å²) in [4.78, 5) is 0. The number of hydrogen-bond acceptors (Lipinski definition) is 3. The summed E-state index contributed by atoms with van der Waals surface area (Å²) < 4.78 is 6.10. The second kappa shape index (κ2) is 5.60. The molecular weight excluding hydrogens is 344 g/mol. The van der Waals surface area contributed by atoms with E-state index < -0.39 is 0 Å². The van der Waals surface area contributed by atoms with E-state index in [-0.39, 0.29) is 23.0 Å². The number of ether oxygens (including phenoxy) is 1. The monoisotopic (exact) mass is 362 g/mol. The molecule has 22 heavy (non-hydrogen) atoms. The molecule has 1 aliphatic rings. The molecule has 0 aliphatic carbocycles. The van der Waals surface area contributed by atoms with Crippen molar-refractivity contribution in [3.63, 3.8) is 0 Å². The molecule has 2 N–H and O–H groups in total. The van der Waals surface area contributed by atoms with Gasteiger partial charge < -0.3 is 14.9 Å². The standard InChI is InChI=1S/C18H19BrO3/c1-18(2,11-3-5-12(20)6-4-11)15-7-8-16(21)17(19)14(15)9-13-10-22-13/h3-8,13,20-21H,9-10H2,1-2H3. The van der Waals surface area contributed by atoms with Crippen molar-refractivity contribution in [2.75, 3.05) is 6.61 Å². The van der Waals surface area contributed by atoms with Gasteiger partial charge in [0, 0.05) is 11.8 Å². The second-order valence-corrected chi connectivity index (χ2v) is 7.05. The van der Waals surface area contributed by atoms with E-state index in [0.29, 0.717) is 0 Å². The zero-order valence-corrected chi connectivity index (χ0v) is 14.2. The maximum Gasteiger partial charge on any atom is 0.130 e. The molecule has 0 spiro atoms. The van der Waals surface area contributed by atoms with Crippen molar-refractivity contribution >= 4 is 15.9 Å². The molecule has 0 bridgehead atoms. The van der Waals surface area contributed by atoms with Gasteiger partial charge in [0.2, 0.25) is 0 Å². The SMILES string of the molecule is CC(C)(c1ccc(O)cc1)c1ccc(O)c(Br)c1CC1CO1. The first-order chi connectivity index (χ1) is 10.4. The summed E-state index contributed by atoms with van der Waals surface area (Å²) in [6.07, 6.45) is 1.03. The summed E-state index contributed by atoms with van der Waals surface area (Å²) in [7, 11) is 0. The summed E-state index contributed by atoms with van der Waals surface area (Å²) in [6.45, 7) is 5.08. The van der Waals surface area contributed by atoms with Gasteiger partial charge in [-0.05, 0) is 50.8 Å².